The quantitative estimate of drug-likeness (QED) is 0.601. The fraction of sp³-hybridized carbons (Fsp3) is 0.158. The minimum absolute atomic E-state index is 0.305. The number of imidazole rings is 2. The third kappa shape index (κ3) is 3.13. The van der Waals surface area contributed by atoms with E-state index in [0.29, 0.717) is 11.4 Å². The van der Waals surface area contributed by atoms with Gasteiger partial charge in [-0.25, -0.2) is 18.4 Å². The third-order valence-electron chi connectivity index (χ3n) is 4.27. The lowest BCUT2D eigenvalue weighted by molar-refractivity contribution is 0.602. The Morgan fingerprint density at radius 1 is 1.12 bits per heavy atom. The maximum atomic E-state index is 11.6. The van der Waals surface area contributed by atoms with Gasteiger partial charge in [-0.15, -0.1) is 0 Å². The van der Waals surface area contributed by atoms with Crippen molar-refractivity contribution in [3.8, 4) is 11.4 Å². The molecule has 1 N–H and O–H groups in total. The number of aromatic nitrogens is 4. The van der Waals surface area contributed by atoms with Gasteiger partial charge in [0.2, 0.25) is 0 Å². The Labute approximate surface area is 151 Å². The van der Waals surface area contributed by atoms with Crippen molar-refractivity contribution in [2.24, 2.45) is 0 Å². The molecule has 0 unspecified atom stereocenters. The molecule has 0 bridgehead atoms. The molecular weight excluding hydrogens is 348 g/mol. The Morgan fingerprint density at radius 3 is 2.62 bits per heavy atom. The van der Waals surface area contributed by atoms with E-state index in [1.54, 1.807) is 30.5 Å². The molecule has 4 rings (SSSR count). The SMILES string of the molecule is Cc1nc2ccc(Cn3ccnc3-c3ccc(S(C)(=O)=O)cc3)cc2[nH]1. The fourth-order valence-electron chi connectivity index (χ4n) is 3.03. The summed E-state index contributed by atoms with van der Waals surface area (Å²) in [5, 5.41) is 0. The number of aryl methyl sites for hydroxylation is 1. The highest BCUT2D eigenvalue weighted by Gasteiger charge is 2.10. The van der Waals surface area contributed by atoms with Crippen molar-refractivity contribution in [2.45, 2.75) is 18.4 Å². The van der Waals surface area contributed by atoms with E-state index in [2.05, 4.69) is 27.1 Å². The van der Waals surface area contributed by atoms with Crippen LogP contribution in [0.15, 0.2) is 59.8 Å². The highest BCUT2D eigenvalue weighted by molar-refractivity contribution is 7.90. The first-order valence-electron chi connectivity index (χ1n) is 8.17. The monoisotopic (exact) mass is 366 g/mol. The van der Waals surface area contributed by atoms with Crippen molar-refractivity contribution >= 4 is 20.9 Å². The van der Waals surface area contributed by atoms with Gasteiger partial charge < -0.3 is 9.55 Å². The number of hydrogen-bond donors (Lipinski definition) is 1. The number of nitrogens with zero attached hydrogens (tertiary/aromatic N) is 3. The number of H-pyrrole nitrogens is 1. The second-order valence-electron chi connectivity index (χ2n) is 6.35. The largest absolute Gasteiger partial charge is 0.342 e. The van der Waals surface area contributed by atoms with Crippen LogP contribution in [-0.2, 0) is 16.4 Å². The molecule has 2 aromatic carbocycles. The van der Waals surface area contributed by atoms with Crippen molar-refractivity contribution in [2.75, 3.05) is 6.26 Å². The van der Waals surface area contributed by atoms with E-state index in [4.69, 9.17) is 0 Å². The van der Waals surface area contributed by atoms with Gasteiger partial charge >= 0.3 is 0 Å². The summed E-state index contributed by atoms with van der Waals surface area (Å²) in [4.78, 5) is 12.4. The lowest BCUT2D eigenvalue weighted by atomic mass is 10.2. The number of nitrogens with one attached hydrogen (secondary N) is 1. The van der Waals surface area contributed by atoms with E-state index in [1.807, 2.05) is 23.8 Å². The van der Waals surface area contributed by atoms with Crippen molar-refractivity contribution in [1.82, 2.24) is 19.5 Å². The molecule has 0 fully saturated rings. The first kappa shape index (κ1) is 16.5. The van der Waals surface area contributed by atoms with Gasteiger partial charge in [-0.05, 0) is 48.9 Å². The standard InChI is InChI=1S/C19H18N4O2S/c1-13-21-17-8-3-14(11-18(17)22-13)12-23-10-9-20-19(23)15-4-6-16(7-5-15)26(2,24)25/h3-11H,12H2,1-2H3,(H,21,22). The van der Waals surface area contributed by atoms with E-state index < -0.39 is 9.84 Å². The summed E-state index contributed by atoms with van der Waals surface area (Å²) in [6.07, 6.45) is 4.87. The van der Waals surface area contributed by atoms with Crippen LogP contribution in [0.2, 0.25) is 0 Å². The average Bonchev–Trinajstić information content (AvgIpc) is 3.19. The van der Waals surface area contributed by atoms with Crippen LogP contribution in [0.3, 0.4) is 0 Å². The molecule has 4 aromatic rings. The molecule has 7 heteroatoms. The minimum atomic E-state index is -3.20. The first-order chi connectivity index (χ1) is 12.4. The Morgan fingerprint density at radius 2 is 1.88 bits per heavy atom. The van der Waals surface area contributed by atoms with E-state index in [-0.39, 0.29) is 0 Å². The van der Waals surface area contributed by atoms with Gasteiger partial charge in [-0.3, -0.25) is 0 Å². The molecule has 0 radical (unpaired) electrons. The summed E-state index contributed by atoms with van der Waals surface area (Å²) in [6.45, 7) is 2.60. The highest BCUT2D eigenvalue weighted by atomic mass is 32.2. The molecule has 0 saturated heterocycles. The fourth-order valence-corrected chi connectivity index (χ4v) is 3.66. The second-order valence-corrected chi connectivity index (χ2v) is 8.36. The van der Waals surface area contributed by atoms with Crippen molar-refractivity contribution < 1.29 is 8.42 Å². The Bertz CT molecular complexity index is 1190. The van der Waals surface area contributed by atoms with Crippen LogP contribution in [-0.4, -0.2) is 34.2 Å². The van der Waals surface area contributed by atoms with Crippen LogP contribution in [0.4, 0.5) is 0 Å². The topological polar surface area (TPSA) is 80.6 Å². The zero-order valence-electron chi connectivity index (χ0n) is 14.5. The van der Waals surface area contributed by atoms with Gasteiger partial charge in [0.25, 0.3) is 0 Å². The highest BCUT2D eigenvalue weighted by Crippen LogP contribution is 2.22. The number of rotatable bonds is 4. The molecule has 0 saturated carbocycles. The maximum absolute atomic E-state index is 11.6. The van der Waals surface area contributed by atoms with Gasteiger partial charge in [0.15, 0.2) is 9.84 Å². The molecule has 2 aromatic heterocycles. The van der Waals surface area contributed by atoms with E-state index >= 15 is 0 Å². The molecule has 6 nitrogen and oxygen atoms in total. The summed E-state index contributed by atoms with van der Waals surface area (Å²) >= 11 is 0. The lowest BCUT2D eigenvalue weighted by Gasteiger charge is -2.09. The first-order valence-corrected chi connectivity index (χ1v) is 10.1. The summed E-state index contributed by atoms with van der Waals surface area (Å²) in [6, 6.07) is 13.0. The molecule has 0 aliphatic rings. The number of fused-ring (bicyclic) bond motifs is 1. The van der Waals surface area contributed by atoms with E-state index in [0.717, 1.165) is 33.8 Å². The van der Waals surface area contributed by atoms with Crippen LogP contribution in [0.1, 0.15) is 11.4 Å². The van der Waals surface area contributed by atoms with Crippen LogP contribution in [0.25, 0.3) is 22.4 Å². The summed E-state index contributed by atoms with van der Waals surface area (Å²) in [5.41, 5.74) is 3.97. The predicted octanol–water partition coefficient (Wildman–Crippen LogP) is 3.19. The summed E-state index contributed by atoms with van der Waals surface area (Å²) < 4.78 is 25.3. The predicted molar refractivity (Wildman–Crippen MR) is 101 cm³/mol. The van der Waals surface area contributed by atoms with Crippen molar-refractivity contribution in [3.05, 3.63) is 66.2 Å². The number of sulfone groups is 1. The molecule has 132 valence electrons. The smallest absolute Gasteiger partial charge is 0.175 e. The van der Waals surface area contributed by atoms with E-state index in [9.17, 15) is 8.42 Å². The number of benzene rings is 2. The van der Waals surface area contributed by atoms with Crippen molar-refractivity contribution in [3.63, 3.8) is 0 Å². The van der Waals surface area contributed by atoms with Gasteiger partial charge in [-0.2, -0.15) is 0 Å². The molecule has 26 heavy (non-hydrogen) atoms. The van der Waals surface area contributed by atoms with E-state index in [1.165, 1.54) is 6.26 Å². The molecule has 0 aliphatic carbocycles. The molecule has 0 amide bonds. The molecular formula is C19H18N4O2S. The van der Waals surface area contributed by atoms with Crippen LogP contribution < -0.4 is 0 Å². The number of hydrogen-bond acceptors (Lipinski definition) is 4. The molecule has 0 spiro atoms. The lowest BCUT2D eigenvalue weighted by Crippen LogP contribution is -2.02. The van der Waals surface area contributed by atoms with Crippen LogP contribution in [0, 0.1) is 6.92 Å². The van der Waals surface area contributed by atoms with Gasteiger partial charge in [0.05, 0.1) is 15.9 Å². The Hall–Kier alpha value is -2.93. The zero-order valence-corrected chi connectivity index (χ0v) is 15.3. The van der Waals surface area contributed by atoms with Crippen LogP contribution >= 0.6 is 0 Å². The zero-order chi connectivity index (χ0) is 18.3. The van der Waals surface area contributed by atoms with Gasteiger partial charge in [0.1, 0.15) is 11.6 Å². The Balaban J connectivity index is 1.65. The Kier molecular flexibility index (Phi) is 3.88. The molecule has 0 atom stereocenters. The minimum Gasteiger partial charge on any atom is -0.342 e. The van der Waals surface area contributed by atoms with Crippen molar-refractivity contribution in [1.29, 1.82) is 0 Å². The number of aromatic amines is 1. The normalized spacial score (nSPS) is 11.9. The second kappa shape index (κ2) is 6.10. The molecule has 2 heterocycles. The van der Waals surface area contributed by atoms with Gasteiger partial charge in [-0.1, -0.05) is 6.07 Å². The van der Waals surface area contributed by atoms with Gasteiger partial charge in [0, 0.05) is 30.8 Å². The molecule has 0 aliphatic heterocycles. The summed E-state index contributed by atoms with van der Waals surface area (Å²) in [5.74, 6) is 1.69. The summed E-state index contributed by atoms with van der Waals surface area (Å²) in [7, 11) is -3.20. The maximum Gasteiger partial charge on any atom is 0.175 e. The average molecular weight is 366 g/mol. The third-order valence-corrected chi connectivity index (χ3v) is 5.40. The van der Waals surface area contributed by atoms with Crippen LogP contribution in [0.5, 0.6) is 0 Å².